The molecule has 0 fully saturated rings. The Bertz CT molecular complexity index is 206. The van der Waals surface area contributed by atoms with Crippen LogP contribution in [0, 0.1) is 5.92 Å². The highest BCUT2D eigenvalue weighted by atomic mass is 32.2. The second-order valence-electron chi connectivity index (χ2n) is 3.14. The molecular formula is C11H16S. The van der Waals surface area contributed by atoms with E-state index in [4.69, 9.17) is 0 Å². The minimum Gasteiger partial charge on any atom is -0.126 e. The third-order valence-electron chi connectivity index (χ3n) is 1.97. The minimum absolute atomic E-state index is 0.829. The summed E-state index contributed by atoms with van der Waals surface area (Å²) in [6, 6.07) is 10.6. The molecule has 12 heavy (non-hydrogen) atoms. The molecule has 1 rings (SSSR count). The van der Waals surface area contributed by atoms with Gasteiger partial charge in [0.25, 0.3) is 0 Å². The van der Waals surface area contributed by atoms with Crippen molar-refractivity contribution in [1.29, 1.82) is 0 Å². The van der Waals surface area contributed by atoms with Crippen molar-refractivity contribution >= 4 is 11.8 Å². The predicted octanol–water partition coefficient (Wildman–Crippen LogP) is 3.82. The van der Waals surface area contributed by atoms with Crippen molar-refractivity contribution in [2.45, 2.75) is 25.2 Å². The highest BCUT2D eigenvalue weighted by Crippen LogP contribution is 2.20. The van der Waals surface area contributed by atoms with Gasteiger partial charge < -0.3 is 0 Å². The average Bonchev–Trinajstić information content (AvgIpc) is 2.16. The van der Waals surface area contributed by atoms with Gasteiger partial charge in [0.1, 0.15) is 0 Å². The van der Waals surface area contributed by atoms with Gasteiger partial charge in [-0.3, -0.25) is 0 Å². The fourth-order valence-electron chi connectivity index (χ4n) is 0.873. The van der Waals surface area contributed by atoms with Crippen LogP contribution < -0.4 is 0 Å². The van der Waals surface area contributed by atoms with E-state index in [2.05, 4.69) is 44.2 Å². The summed E-state index contributed by atoms with van der Waals surface area (Å²) < 4.78 is 0. The summed E-state index contributed by atoms with van der Waals surface area (Å²) in [6.07, 6.45) is 1.28. The van der Waals surface area contributed by atoms with E-state index in [0.29, 0.717) is 0 Å². The standard InChI is InChI=1S/C11H16S/c1-3-10(2)9-12-11-7-5-4-6-8-11/h4-8,10H,3,9H2,1-2H3/t10-/m1/s1. The van der Waals surface area contributed by atoms with Crippen molar-refractivity contribution < 1.29 is 0 Å². The van der Waals surface area contributed by atoms with Gasteiger partial charge in [-0.15, -0.1) is 11.8 Å². The van der Waals surface area contributed by atoms with Crippen LogP contribution in [0.15, 0.2) is 35.2 Å². The minimum atomic E-state index is 0.829. The molecule has 0 N–H and O–H groups in total. The van der Waals surface area contributed by atoms with Gasteiger partial charge in [0.05, 0.1) is 0 Å². The summed E-state index contributed by atoms with van der Waals surface area (Å²) in [5.41, 5.74) is 0. The van der Waals surface area contributed by atoms with E-state index in [9.17, 15) is 0 Å². The highest BCUT2D eigenvalue weighted by molar-refractivity contribution is 7.99. The first-order chi connectivity index (χ1) is 5.83. The van der Waals surface area contributed by atoms with E-state index >= 15 is 0 Å². The first kappa shape index (κ1) is 9.66. The van der Waals surface area contributed by atoms with Crippen molar-refractivity contribution in [1.82, 2.24) is 0 Å². The molecule has 0 aliphatic rings. The first-order valence-electron chi connectivity index (χ1n) is 4.50. The van der Waals surface area contributed by atoms with Gasteiger partial charge in [0.2, 0.25) is 0 Å². The number of rotatable bonds is 4. The zero-order valence-electron chi connectivity index (χ0n) is 7.79. The molecule has 0 aliphatic carbocycles. The van der Waals surface area contributed by atoms with Gasteiger partial charge in [-0.25, -0.2) is 0 Å². The fraction of sp³-hybridized carbons (Fsp3) is 0.455. The molecule has 0 saturated heterocycles. The number of hydrogen-bond acceptors (Lipinski definition) is 1. The molecule has 1 aromatic rings. The summed E-state index contributed by atoms with van der Waals surface area (Å²) in [7, 11) is 0. The molecule has 0 amide bonds. The molecule has 0 aliphatic heterocycles. The van der Waals surface area contributed by atoms with Crippen LogP contribution >= 0.6 is 11.8 Å². The lowest BCUT2D eigenvalue weighted by atomic mass is 10.2. The molecule has 1 aromatic carbocycles. The summed E-state index contributed by atoms with van der Waals surface area (Å²) in [5, 5.41) is 0. The van der Waals surface area contributed by atoms with Crippen molar-refractivity contribution in [3.8, 4) is 0 Å². The lowest BCUT2D eigenvalue weighted by Gasteiger charge is -2.06. The number of hydrogen-bond donors (Lipinski definition) is 0. The summed E-state index contributed by atoms with van der Waals surface area (Å²) in [5.74, 6) is 2.07. The molecule has 0 bridgehead atoms. The van der Waals surface area contributed by atoms with Gasteiger partial charge in [-0.05, 0) is 18.1 Å². The Labute approximate surface area is 79.4 Å². The number of benzene rings is 1. The van der Waals surface area contributed by atoms with Gasteiger partial charge >= 0.3 is 0 Å². The summed E-state index contributed by atoms with van der Waals surface area (Å²) in [4.78, 5) is 1.39. The van der Waals surface area contributed by atoms with Gasteiger partial charge in [-0.2, -0.15) is 0 Å². The topological polar surface area (TPSA) is 0 Å². The van der Waals surface area contributed by atoms with E-state index in [1.165, 1.54) is 17.1 Å². The molecule has 0 radical (unpaired) electrons. The van der Waals surface area contributed by atoms with Crippen molar-refractivity contribution in [2.24, 2.45) is 5.92 Å². The van der Waals surface area contributed by atoms with Gasteiger partial charge in [-0.1, -0.05) is 38.5 Å². The largest absolute Gasteiger partial charge is 0.126 e. The molecule has 0 aromatic heterocycles. The monoisotopic (exact) mass is 180 g/mol. The van der Waals surface area contributed by atoms with Crippen molar-refractivity contribution in [2.75, 3.05) is 5.75 Å². The highest BCUT2D eigenvalue weighted by Gasteiger charge is 1.98. The van der Waals surface area contributed by atoms with Crippen LogP contribution in [0.2, 0.25) is 0 Å². The van der Waals surface area contributed by atoms with Crippen LogP contribution in [0.1, 0.15) is 20.3 Å². The Morgan fingerprint density at radius 1 is 1.25 bits per heavy atom. The SMILES string of the molecule is CC[C@@H](C)CSc1ccccc1. The maximum atomic E-state index is 2.30. The fourth-order valence-corrected chi connectivity index (χ4v) is 1.94. The second-order valence-corrected chi connectivity index (χ2v) is 4.23. The van der Waals surface area contributed by atoms with E-state index in [-0.39, 0.29) is 0 Å². The van der Waals surface area contributed by atoms with Crippen LogP contribution in [0.25, 0.3) is 0 Å². The Balaban J connectivity index is 2.33. The maximum Gasteiger partial charge on any atom is 0.00720 e. The Hall–Kier alpha value is -0.430. The van der Waals surface area contributed by atoms with E-state index in [1.54, 1.807) is 0 Å². The summed E-state index contributed by atoms with van der Waals surface area (Å²) >= 11 is 1.95. The van der Waals surface area contributed by atoms with Crippen LogP contribution in [0.5, 0.6) is 0 Å². The summed E-state index contributed by atoms with van der Waals surface area (Å²) in [6.45, 7) is 4.55. The third kappa shape index (κ3) is 3.31. The second kappa shape index (κ2) is 5.26. The molecule has 0 nitrogen and oxygen atoms in total. The molecule has 0 spiro atoms. The Kier molecular flexibility index (Phi) is 4.23. The Morgan fingerprint density at radius 2 is 1.92 bits per heavy atom. The normalized spacial score (nSPS) is 12.8. The van der Waals surface area contributed by atoms with E-state index in [0.717, 1.165) is 5.92 Å². The molecular weight excluding hydrogens is 164 g/mol. The third-order valence-corrected chi connectivity index (χ3v) is 3.32. The molecule has 66 valence electrons. The molecule has 0 saturated carbocycles. The lowest BCUT2D eigenvalue weighted by Crippen LogP contribution is -1.94. The number of thioether (sulfide) groups is 1. The lowest BCUT2D eigenvalue weighted by molar-refractivity contribution is 0.637. The quantitative estimate of drug-likeness (QED) is 0.635. The van der Waals surface area contributed by atoms with Crippen LogP contribution in [-0.2, 0) is 0 Å². The van der Waals surface area contributed by atoms with Crippen LogP contribution in [0.3, 0.4) is 0 Å². The van der Waals surface area contributed by atoms with E-state index < -0.39 is 0 Å². The van der Waals surface area contributed by atoms with Crippen LogP contribution in [-0.4, -0.2) is 5.75 Å². The molecule has 0 heterocycles. The zero-order chi connectivity index (χ0) is 8.81. The zero-order valence-corrected chi connectivity index (χ0v) is 8.60. The smallest absolute Gasteiger partial charge is 0.00720 e. The van der Waals surface area contributed by atoms with Crippen molar-refractivity contribution in [3.63, 3.8) is 0 Å². The molecule has 1 atom stereocenters. The predicted molar refractivity (Wildman–Crippen MR) is 56.6 cm³/mol. The maximum absolute atomic E-state index is 2.30. The van der Waals surface area contributed by atoms with E-state index in [1.807, 2.05) is 11.8 Å². The first-order valence-corrected chi connectivity index (χ1v) is 5.49. The van der Waals surface area contributed by atoms with Gasteiger partial charge in [0.15, 0.2) is 0 Å². The average molecular weight is 180 g/mol. The van der Waals surface area contributed by atoms with Crippen molar-refractivity contribution in [3.05, 3.63) is 30.3 Å². The Morgan fingerprint density at radius 3 is 2.50 bits per heavy atom. The van der Waals surface area contributed by atoms with Gasteiger partial charge in [0, 0.05) is 10.6 Å². The van der Waals surface area contributed by atoms with Crippen LogP contribution in [0.4, 0.5) is 0 Å². The molecule has 1 heteroatoms. The molecule has 0 unspecified atom stereocenters.